The summed E-state index contributed by atoms with van der Waals surface area (Å²) in [4.78, 5) is 16.8. The fourth-order valence-corrected chi connectivity index (χ4v) is 4.82. The molecule has 2 aliphatic rings. The maximum atomic E-state index is 12.9. The maximum Gasteiger partial charge on any atom is 0.253 e. The van der Waals surface area contributed by atoms with E-state index in [0.29, 0.717) is 36.2 Å². The number of likely N-dealkylation sites (N-methyl/N-ethyl adjacent to an activating group) is 1. The summed E-state index contributed by atoms with van der Waals surface area (Å²) in [6, 6.07) is 6.82. The molecule has 1 aromatic carbocycles. The Hall–Kier alpha value is -1.64. The molecule has 0 spiro atoms. The quantitative estimate of drug-likeness (QED) is 0.818. The number of amides is 1. The number of hydrogen-bond donors (Lipinski definition) is 1. The monoisotopic (exact) mass is 395 g/mol. The van der Waals surface area contributed by atoms with E-state index >= 15 is 0 Å². The van der Waals surface area contributed by atoms with Crippen LogP contribution in [0.3, 0.4) is 0 Å². The fourth-order valence-electron chi connectivity index (χ4n) is 4.32. The average Bonchev–Trinajstić information content (AvgIpc) is 3.01. The van der Waals surface area contributed by atoms with Gasteiger partial charge in [-0.05, 0) is 63.0 Å². The van der Waals surface area contributed by atoms with Gasteiger partial charge in [-0.2, -0.15) is 0 Å². The zero-order valence-corrected chi connectivity index (χ0v) is 17.2. The number of rotatable bonds is 4. The third kappa shape index (κ3) is 4.12. The minimum Gasteiger partial charge on any atom is -0.391 e. The van der Waals surface area contributed by atoms with Crippen molar-refractivity contribution < 1.29 is 18.3 Å². The van der Waals surface area contributed by atoms with E-state index in [1.807, 2.05) is 19.0 Å². The zero-order chi connectivity index (χ0) is 19.9. The lowest BCUT2D eigenvalue weighted by Crippen LogP contribution is -2.46. The first-order chi connectivity index (χ1) is 12.6. The number of aliphatic hydroxyl groups excluding tert-OH is 1. The molecule has 1 aliphatic carbocycles. The van der Waals surface area contributed by atoms with Gasteiger partial charge in [0.15, 0.2) is 0 Å². The number of hydrogen-bond acceptors (Lipinski definition) is 5. The largest absolute Gasteiger partial charge is 0.391 e. The van der Waals surface area contributed by atoms with E-state index < -0.39 is 10.0 Å². The van der Waals surface area contributed by atoms with Crippen LogP contribution in [0, 0.1) is 11.8 Å². The van der Waals surface area contributed by atoms with E-state index in [2.05, 4.69) is 4.90 Å². The highest BCUT2D eigenvalue weighted by atomic mass is 32.2. The van der Waals surface area contributed by atoms with Crippen LogP contribution in [-0.2, 0) is 10.0 Å². The molecule has 0 bridgehead atoms. The molecule has 3 rings (SSSR count). The minimum absolute atomic E-state index is 0.0335. The molecule has 1 aromatic rings. The van der Waals surface area contributed by atoms with Crippen LogP contribution < -0.4 is 4.31 Å². The van der Waals surface area contributed by atoms with Crippen molar-refractivity contribution in [1.82, 2.24) is 9.80 Å². The summed E-state index contributed by atoms with van der Waals surface area (Å²) in [6.07, 6.45) is 2.44. The number of benzene rings is 1. The van der Waals surface area contributed by atoms with Crippen LogP contribution in [0.15, 0.2) is 24.3 Å². The highest BCUT2D eigenvalue weighted by Crippen LogP contribution is 2.38. The Kier molecular flexibility index (Phi) is 5.52. The molecule has 8 heteroatoms. The van der Waals surface area contributed by atoms with Crippen molar-refractivity contribution in [3.8, 4) is 0 Å². The Morgan fingerprint density at radius 3 is 2.15 bits per heavy atom. The van der Waals surface area contributed by atoms with Gasteiger partial charge in [-0.3, -0.25) is 9.10 Å². The van der Waals surface area contributed by atoms with Crippen LogP contribution in [0.25, 0.3) is 0 Å². The van der Waals surface area contributed by atoms with Crippen LogP contribution in [0.1, 0.15) is 23.2 Å². The van der Waals surface area contributed by atoms with Crippen LogP contribution >= 0.6 is 0 Å². The molecular formula is C19H29N3O4S. The highest BCUT2D eigenvalue weighted by Gasteiger charge is 2.43. The molecular weight excluding hydrogens is 366 g/mol. The molecule has 150 valence electrons. The number of likely N-dealkylation sites (tertiary alicyclic amines) is 1. The topological polar surface area (TPSA) is 81.2 Å². The highest BCUT2D eigenvalue weighted by molar-refractivity contribution is 7.92. The molecule has 7 nitrogen and oxygen atoms in total. The fraction of sp³-hybridized carbons (Fsp3) is 0.632. The van der Waals surface area contributed by atoms with Crippen LogP contribution in [0.2, 0.25) is 0 Å². The van der Waals surface area contributed by atoms with Gasteiger partial charge in [-0.25, -0.2) is 8.42 Å². The number of carbonyl (C=O) groups is 1. The van der Waals surface area contributed by atoms with Gasteiger partial charge in [0.1, 0.15) is 0 Å². The number of aliphatic hydroxyl groups is 1. The smallest absolute Gasteiger partial charge is 0.253 e. The molecule has 1 N–H and O–H groups in total. The van der Waals surface area contributed by atoms with Crippen molar-refractivity contribution >= 4 is 21.6 Å². The van der Waals surface area contributed by atoms with Crippen molar-refractivity contribution in [1.29, 1.82) is 0 Å². The van der Waals surface area contributed by atoms with E-state index in [4.69, 9.17) is 0 Å². The molecule has 27 heavy (non-hydrogen) atoms. The van der Waals surface area contributed by atoms with Gasteiger partial charge >= 0.3 is 0 Å². The lowest BCUT2D eigenvalue weighted by atomic mass is 9.77. The van der Waals surface area contributed by atoms with Crippen LogP contribution in [0.5, 0.6) is 0 Å². The molecule has 0 radical (unpaired) electrons. The van der Waals surface area contributed by atoms with Crippen molar-refractivity contribution in [3.05, 3.63) is 29.8 Å². The predicted molar refractivity (Wildman–Crippen MR) is 105 cm³/mol. The Labute approximate surface area is 161 Å². The Balaban J connectivity index is 1.69. The molecule has 1 saturated heterocycles. The third-order valence-corrected chi connectivity index (χ3v) is 7.24. The second-order valence-electron chi connectivity index (χ2n) is 8.08. The van der Waals surface area contributed by atoms with Crippen LogP contribution in [-0.4, -0.2) is 81.9 Å². The standard InChI is InChI=1S/C19H29N3O4S/c1-20(2)17-9-14-11-22(12-15(14)10-18(17)23)19(24)13-5-7-16(8-6-13)21(3)27(4,25)26/h5-8,14-15,17-18,23H,9-12H2,1-4H3/t14-,15+,17-,18-/m1/s1. The molecule has 4 atom stereocenters. The second kappa shape index (κ2) is 7.41. The van der Waals surface area contributed by atoms with Gasteiger partial charge < -0.3 is 14.9 Å². The normalized spacial score (nSPS) is 28.3. The van der Waals surface area contributed by atoms with Crippen molar-refractivity contribution in [2.75, 3.05) is 44.8 Å². The third-order valence-electron chi connectivity index (χ3n) is 6.03. The van der Waals surface area contributed by atoms with Gasteiger partial charge in [0.25, 0.3) is 5.91 Å². The number of carbonyl (C=O) groups excluding carboxylic acids is 1. The molecule has 2 fully saturated rings. The number of fused-ring (bicyclic) bond motifs is 1. The summed E-state index contributed by atoms with van der Waals surface area (Å²) in [5.41, 5.74) is 1.09. The van der Waals surface area contributed by atoms with E-state index in [-0.39, 0.29) is 18.1 Å². The lowest BCUT2D eigenvalue weighted by molar-refractivity contribution is 0.00940. The summed E-state index contributed by atoms with van der Waals surface area (Å²) in [7, 11) is 2.14. The Morgan fingerprint density at radius 1 is 1.07 bits per heavy atom. The summed E-state index contributed by atoms with van der Waals surface area (Å²) >= 11 is 0. The lowest BCUT2D eigenvalue weighted by Gasteiger charge is -2.38. The molecule has 1 amide bonds. The Bertz CT molecular complexity index is 794. The number of anilines is 1. The van der Waals surface area contributed by atoms with Crippen molar-refractivity contribution in [2.45, 2.75) is 25.0 Å². The van der Waals surface area contributed by atoms with Gasteiger partial charge in [-0.15, -0.1) is 0 Å². The predicted octanol–water partition coefficient (Wildman–Crippen LogP) is 0.856. The zero-order valence-electron chi connectivity index (χ0n) is 16.4. The molecule has 1 aliphatic heterocycles. The van der Waals surface area contributed by atoms with Gasteiger partial charge in [0, 0.05) is 31.7 Å². The second-order valence-corrected chi connectivity index (χ2v) is 10.1. The summed E-state index contributed by atoms with van der Waals surface area (Å²) in [5, 5.41) is 10.4. The van der Waals surface area contributed by atoms with Gasteiger partial charge in [-0.1, -0.05) is 0 Å². The van der Waals surface area contributed by atoms with E-state index in [1.165, 1.54) is 11.4 Å². The molecule has 0 unspecified atom stereocenters. The number of nitrogens with zero attached hydrogens (tertiary/aromatic N) is 3. The molecule has 1 saturated carbocycles. The summed E-state index contributed by atoms with van der Waals surface area (Å²) < 4.78 is 24.5. The minimum atomic E-state index is -3.33. The van der Waals surface area contributed by atoms with Crippen molar-refractivity contribution in [2.24, 2.45) is 11.8 Å². The first-order valence-corrected chi connectivity index (χ1v) is 11.1. The van der Waals surface area contributed by atoms with Gasteiger partial charge in [0.2, 0.25) is 10.0 Å². The first-order valence-electron chi connectivity index (χ1n) is 9.25. The SMILES string of the molecule is CN(C)[C@@H]1C[C@@H]2CN(C(=O)c3ccc(N(C)S(C)(=O)=O)cc3)C[C@@H]2C[C@H]1O. The Morgan fingerprint density at radius 2 is 1.63 bits per heavy atom. The number of sulfonamides is 1. The summed E-state index contributed by atoms with van der Waals surface area (Å²) in [6.45, 7) is 1.39. The average molecular weight is 396 g/mol. The van der Waals surface area contributed by atoms with Crippen molar-refractivity contribution in [3.63, 3.8) is 0 Å². The van der Waals surface area contributed by atoms with Crippen LogP contribution in [0.4, 0.5) is 5.69 Å². The van der Waals surface area contributed by atoms with E-state index in [1.54, 1.807) is 24.3 Å². The van der Waals surface area contributed by atoms with Gasteiger partial charge in [0.05, 0.1) is 18.0 Å². The maximum absolute atomic E-state index is 12.9. The summed E-state index contributed by atoms with van der Waals surface area (Å²) in [5.74, 6) is 0.727. The van der Waals surface area contributed by atoms with E-state index in [9.17, 15) is 18.3 Å². The molecule has 0 aromatic heterocycles. The first kappa shape index (κ1) is 20.1. The molecule has 1 heterocycles. The van der Waals surface area contributed by atoms with E-state index in [0.717, 1.165) is 19.1 Å².